The topological polar surface area (TPSA) is 45.2 Å². The van der Waals surface area contributed by atoms with Crippen LogP contribution in [0.1, 0.15) is 28.8 Å². The Balaban J connectivity index is 1.46. The smallest absolute Gasteiger partial charge is 0.251 e. The Morgan fingerprint density at radius 1 is 1.19 bits per heavy atom. The number of fused-ring (bicyclic) bond motifs is 1. The van der Waals surface area contributed by atoms with Crippen LogP contribution in [0.5, 0.6) is 0 Å². The van der Waals surface area contributed by atoms with Crippen molar-refractivity contribution in [3.05, 3.63) is 71.9 Å². The quantitative estimate of drug-likeness (QED) is 0.779. The van der Waals surface area contributed by atoms with Crippen molar-refractivity contribution in [1.29, 1.82) is 0 Å². The third-order valence-corrected chi connectivity index (χ3v) is 5.18. The number of aryl methyl sites for hydroxylation is 1. The number of aromatic nitrogens is 1. The fourth-order valence-corrected chi connectivity index (χ4v) is 3.74. The first-order valence-corrected chi connectivity index (χ1v) is 9.17. The van der Waals surface area contributed by atoms with Crippen LogP contribution in [0.15, 0.2) is 60.8 Å². The lowest BCUT2D eigenvalue weighted by atomic mass is 10.1. The standard InChI is InChI=1S/C22H23N3O/c1-16-11-12-23-21-10-9-17(14-20(16)21)22(26)24-15-19-8-5-13-25(19)18-6-3-2-4-7-18/h2-4,6-7,9-12,14,19H,5,8,13,15H2,1H3,(H,24,26). The highest BCUT2D eigenvalue weighted by Gasteiger charge is 2.25. The van der Waals surface area contributed by atoms with Crippen molar-refractivity contribution in [3.8, 4) is 0 Å². The lowest BCUT2D eigenvalue weighted by Crippen LogP contribution is -2.40. The molecule has 1 fully saturated rings. The number of pyridine rings is 1. The number of hydrogen-bond acceptors (Lipinski definition) is 3. The largest absolute Gasteiger partial charge is 0.367 e. The molecule has 0 aliphatic carbocycles. The molecule has 0 saturated carbocycles. The van der Waals surface area contributed by atoms with Crippen LogP contribution >= 0.6 is 0 Å². The molecule has 26 heavy (non-hydrogen) atoms. The number of amides is 1. The molecule has 1 aliphatic rings. The van der Waals surface area contributed by atoms with Gasteiger partial charge in [-0.25, -0.2) is 0 Å². The number of nitrogens with zero attached hydrogens (tertiary/aromatic N) is 2. The summed E-state index contributed by atoms with van der Waals surface area (Å²) in [4.78, 5) is 19.4. The van der Waals surface area contributed by atoms with Gasteiger partial charge in [0.1, 0.15) is 0 Å². The van der Waals surface area contributed by atoms with E-state index >= 15 is 0 Å². The van der Waals surface area contributed by atoms with Crippen LogP contribution in [0.25, 0.3) is 10.9 Å². The van der Waals surface area contributed by atoms with E-state index in [1.54, 1.807) is 6.20 Å². The summed E-state index contributed by atoms with van der Waals surface area (Å²) in [5, 5.41) is 4.16. The van der Waals surface area contributed by atoms with Gasteiger partial charge < -0.3 is 10.2 Å². The average Bonchev–Trinajstić information content (AvgIpc) is 3.15. The minimum atomic E-state index is -0.0185. The molecular weight excluding hydrogens is 322 g/mol. The first-order valence-electron chi connectivity index (χ1n) is 9.17. The minimum absolute atomic E-state index is 0.0185. The van der Waals surface area contributed by atoms with E-state index < -0.39 is 0 Å². The molecule has 4 heteroatoms. The van der Waals surface area contributed by atoms with Gasteiger partial charge in [-0.15, -0.1) is 0 Å². The monoisotopic (exact) mass is 345 g/mol. The molecule has 3 aromatic rings. The van der Waals surface area contributed by atoms with E-state index in [4.69, 9.17) is 0 Å². The third kappa shape index (κ3) is 3.27. The van der Waals surface area contributed by atoms with Crippen molar-refractivity contribution in [1.82, 2.24) is 10.3 Å². The average molecular weight is 345 g/mol. The summed E-state index contributed by atoms with van der Waals surface area (Å²) >= 11 is 0. The number of carbonyl (C=O) groups excluding carboxylic acids is 1. The summed E-state index contributed by atoms with van der Waals surface area (Å²) in [5.41, 5.74) is 3.98. The molecule has 1 aromatic heterocycles. The molecule has 1 amide bonds. The van der Waals surface area contributed by atoms with Gasteiger partial charge in [0.25, 0.3) is 5.91 Å². The van der Waals surface area contributed by atoms with Crippen LogP contribution in [-0.4, -0.2) is 30.0 Å². The van der Waals surface area contributed by atoms with Crippen LogP contribution in [-0.2, 0) is 0 Å². The lowest BCUT2D eigenvalue weighted by Gasteiger charge is -2.27. The molecule has 0 bridgehead atoms. The third-order valence-electron chi connectivity index (χ3n) is 5.18. The second-order valence-electron chi connectivity index (χ2n) is 6.89. The van der Waals surface area contributed by atoms with E-state index in [1.807, 2.05) is 37.3 Å². The molecular formula is C22H23N3O. The van der Waals surface area contributed by atoms with E-state index in [1.165, 1.54) is 5.69 Å². The first kappa shape index (κ1) is 16.6. The highest BCUT2D eigenvalue weighted by molar-refractivity contribution is 5.98. The Hall–Kier alpha value is -2.88. The Labute approximate surface area is 153 Å². The lowest BCUT2D eigenvalue weighted by molar-refractivity contribution is 0.0951. The van der Waals surface area contributed by atoms with E-state index in [0.717, 1.165) is 35.9 Å². The molecule has 1 N–H and O–H groups in total. The number of benzene rings is 2. The van der Waals surface area contributed by atoms with Gasteiger partial charge in [0.2, 0.25) is 0 Å². The van der Waals surface area contributed by atoms with Gasteiger partial charge in [-0.3, -0.25) is 9.78 Å². The Morgan fingerprint density at radius 2 is 2.04 bits per heavy atom. The van der Waals surface area contributed by atoms with E-state index in [0.29, 0.717) is 18.2 Å². The van der Waals surface area contributed by atoms with Gasteiger partial charge in [-0.2, -0.15) is 0 Å². The van der Waals surface area contributed by atoms with Gasteiger partial charge in [0.05, 0.1) is 5.52 Å². The molecule has 0 spiro atoms. The molecule has 2 aromatic carbocycles. The highest BCUT2D eigenvalue weighted by atomic mass is 16.1. The zero-order valence-corrected chi connectivity index (χ0v) is 15.0. The summed E-state index contributed by atoms with van der Waals surface area (Å²) in [5.74, 6) is -0.0185. The van der Waals surface area contributed by atoms with Crippen molar-refractivity contribution >= 4 is 22.5 Å². The minimum Gasteiger partial charge on any atom is -0.367 e. The van der Waals surface area contributed by atoms with Crippen molar-refractivity contribution in [2.24, 2.45) is 0 Å². The van der Waals surface area contributed by atoms with Crippen LogP contribution in [0.2, 0.25) is 0 Å². The molecule has 1 atom stereocenters. The molecule has 4 nitrogen and oxygen atoms in total. The summed E-state index contributed by atoms with van der Waals surface area (Å²) in [7, 11) is 0. The van der Waals surface area contributed by atoms with Crippen molar-refractivity contribution < 1.29 is 4.79 Å². The fourth-order valence-electron chi connectivity index (χ4n) is 3.74. The normalized spacial score (nSPS) is 16.8. The molecule has 1 aliphatic heterocycles. The van der Waals surface area contributed by atoms with Crippen LogP contribution in [0.4, 0.5) is 5.69 Å². The number of carbonyl (C=O) groups is 1. The maximum Gasteiger partial charge on any atom is 0.251 e. The maximum absolute atomic E-state index is 12.6. The van der Waals surface area contributed by atoms with Crippen molar-refractivity contribution in [2.45, 2.75) is 25.8 Å². The van der Waals surface area contributed by atoms with Gasteiger partial charge in [0.15, 0.2) is 0 Å². The summed E-state index contributed by atoms with van der Waals surface area (Å²) in [6, 6.07) is 18.5. The zero-order valence-electron chi connectivity index (χ0n) is 15.0. The van der Waals surface area contributed by atoms with Gasteiger partial charge in [-0.05, 0) is 61.7 Å². The second kappa shape index (κ2) is 7.16. The number of nitrogens with one attached hydrogen (secondary N) is 1. The molecule has 2 heterocycles. The predicted octanol–water partition coefficient (Wildman–Crippen LogP) is 3.94. The van der Waals surface area contributed by atoms with Gasteiger partial charge in [-0.1, -0.05) is 18.2 Å². The van der Waals surface area contributed by atoms with Crippen LogP contribution in [0, 0.1) is 6.92 Å². The number of para-hydroxylation sites is 1. The fraction of sp³-hybridized carbons (Fsp3) is 0.273. The molecule has 1 saturated heterocycles. The highest BCUT2D eigenvalue weighted by Crippen LogP contribution is 2.25. The van der Waals surface area contributed by atoms with Gasteiger partial charge in [0, 0.05) is 42.0 Å². The van der Waals surface area contributed by atoms with Crippen molar-refractivity contribution in [3.63, 3.8) is 0 Å². The maximum atomic E-state index is 12.6. The molecule has 0 radical (unpaired) electrons. The van der Waals surface area contributed by atoms with E-state index in [2.05, 4.69) is 39.5 Å². The summed E-state index contributed by atoms with van der Waals surface area (Å²) < 4.78 is 0. The van der Waals surface area contributed by atoms with E-state index in [9.17, 15) is 4.79 Å². The zero-order chi connectivity index (χ0) is 17.9. The number of hydrogen-bond donors (Lipinski definition) is 1. The first-order chi connectivity index (χ1) is 12.7. The van der Waals surface area contributed by atoms with E-state index in [-0.39, 0.29) is 5.91 Å². The Morgan fingerprint density at radius 3 is 2.88 bits per heavy atom. The Kier molecular flexibility index (Phi) is 4.57. The molecule has 4 rings (SSSR count). The van der Waals surface area contributed by atoms with Crippen LogP contribution < -0.4 is 10.2 Å². The number of rotatable bonds is 4. The summed E-state index contributed by atoms with van der Waals surface area (Å²) in [6.07, 6.45) is 4.07. The van der Waals surface area contributed by atoms with Crippen LogP contribution in [0.3, 0.4) is 0 Å². The summed E-state index contributed by atoms with van der Waals surface area (Å²) in [6.45, 7) is 3.76. The predicted molar refractivity (Wildman–Crippen MR) is 106 cm³/mol. The molecule has 132 valence electrons. The van der Waals surface area contributed by atoms with Gasteiger partial charge >= 0.3 is 0 Å². The molecule has 1 unspecified atom stereocenters. The number of anilines is 1. The SMILES string of the molecule is Cc1ccnc2ccc(C(=O)NCC3CCCN3c3ccccc3)cc12. The second-order valence-corrected chi connectivity index (χ2v) is 6.89. The Bertz CT molecular complexity index is 923. The van der Waals surface area contributed by atoms with Crippen molar-refractivity contribution in [2.75, 3.05) is 18.0 Å².